The minimum Gasteiger partial charge on any atom is -0.309 e. The molecular formula is C64H45N. The molecule has 0 saturated heterocycles. The predicted octanol–water partition coefficient (Wildman–Crippen LogP) is 16.8. The van der Waals surface area contributed by atoms with Gasteiger partial charge in [-0.3, -0.25) is 0 Å². The molecule has 0 saturated carbocycles. The molecule has 10 aromatic carbocycles. The second-order valence-electron chi connectivity index (χ2n) is 18.3. The quantitative estimate of drug-likeness (QED) is 0.161. The van der Waals surface area contributed by atoms with Crippen LogP contribution in [0.2, 0.25) is 0 Å². The summed E-state index contributed by atoms with van der Waals surface area (Å²) in [5, 5.41) is 0. The summed E-state index contributed by atoms with van der Waals surface area (Å²) in [6.07, 6.45) is 0. The zero-order valence-electron chi connectivity index (χ0n) is 36.5. The molecule has 65 heavy (non-hydrogen) atoms. The average Bonchev–Trinajstić information content (AvgIpc) is 3.94. The van der Waals surface area contributed by atoms with E-state index in [-0.39, 0.29) is 5.41 Å². The fourth-order valence-electron chi connectivity index (χ4n) is 12.1. The van der Waals surface area contributed by atoms with E-state index in [1.807, 2.05) is 0 Å². The maximum atomic E-state index is 2.65. The van der Waals surface area contributed by atoms with Crippen molar-refractivity contribution in [2.45, 2.75) is 24.7 Å². The van der Waals surface area contributed by atoms with Crippen molar-refractivity contribution in [2.24, 2.45) is 0 Å². The van der Waals surface area contributed by atoms with Crippen LogP contribution in [0.1, 0.15) is 47.2 Å². The Morgan fingerprint density at radius 2 is 0.646 bits per heavy atom. The Morgan fingerprint density at radius 3 is 1.26 bits per heavy atom. The molecule has 3 aliphatic carbocycles. The van der Waals surface area contributed by atoms with Crippen molar-refractivity contribution in [3.8, 4) is 66.8 Å². The summed E-state index contributed by atoms with van der Waals surface area (Å²) in [6.45, 7) is 4.83. The Labute approximate surface area is 381 Å². The van der Waals surface area contributed by atoms with Crippen LogP contribution in [-0.2, 0) is 10.8 Å². The third-order valence-electron chi connectivity index (χ3n) is 14.7. The van der Waals surface area contributed by atoms with Gasteiger partial charge in [-0.05, 0) is 107 Å². The SMILES string of the molecule is CC1(C)c2ccccc2-c2cccc(N(c3cccc(-c4ccccc4)c3-c3ccccc3-c3ccccc3)c3cccc4c3-c3ccccc3C43c4ccccc4-c4ccccc43)c21. The van der Waals surface area contributed by atoms with Gasteiger partial charge in [-0.15, -0.1) is 0 Å². The Bertz CT molecular complexity index is 3480. The maximum absolute atomic E-state index is 2.65. The van der Waals surface area contributed by atoms with Crippen molar-refractivity contribution < 1.29 is 0 Å². The standard InChI is InChI=1S/C64H45N/c1-63(2)52-34-15-11-29-48(52)50-33-20-41-59(62(50)63)65(57-39-19-32-45(43-24-7-4-8-25-43)60(57)49-30-10-9-26-44(49)42-22-5-3-6-23-42)58-40-21-38-56-61(58)51-31-14-18-37-55(51)64(56)53-35-16-12-27-46(53)47-28-13-17-36-54(47)64/h3-41H,1-2H3. The number of hydrogen-bond donors (Lipinski definition) is 0. The van der Waals surface area contributed by atoms with Crippen LogP contribution in [-0.4, -0.2) is 0 Å². The van der Waals surface area contributed by atoms with Crippen molar-refractivity contribution in [3.05, 3.63) is 270 Å². The van der Waals surface area contributed by atoms with Gasteiger partial charge < -0.3 is 4.90 Å². The summed E-state index contributed by atoms with van der Waals surface area (Å²) >= 11 is 0. The van der Waals surface area contributed by atoms with E-state index in [1.54, 1.807) is 0 Å². The molecule has 1 nitrogen and oxygen atoms in total. The molecule has 10 aromatic rings. The lowest BCUT2D eigenvalue weighted by atomic mass is 9.70. The van der Waals surface area contributed by atoms with Crippen LogP contribution in [0.25, 0.3) is 66.8 Å². The lowest BCUT2D eigenvalue weighted by Crippen LogP contribution is -2.26. The molecule has 0 heterocycles. The van der Waals surface area contributed by atoms with Crippen molar-refractivity contribution in [1.82, 2.24) is 0 Å². The summed E-state index contributed by atoms with van der Waals surface area (Å²) in [7, 11) is 0. The second kappa shape index (κ2) is 14.3. The van der Waals surface area contributed by atoms with Gasteiger partial charge in [0.1, 0.15) is 0 Å². The smallest absolute Gasteiger partial charge is 0.0726 e. The van der Waals surface area contributed by atoms with Crippen molar-refractivity contribution in [3.63, 3.8) is 0 Å². The van der Waals surface area contributed by atoms with Crippen LogP contribution < -0.4 is 4.90 Å². The van der Waals surface area contributed by atoms with Gasteiger partial charge >= 0.3 is 0 Å². The van der Waals surface area contributed by atoms with Gasteiger partial charge in [-0.2, -0.15) is 0 Å². The lowest BCUT2D eigenvalue weighted by molar-refractivity contribution is 0.661. The highest BCUT2D eigenvalue weighted by atomic mass is 15.2. The molecule has 0 unspecified atom stereocenters. The molecule has 3 aliphatic rings. The summed E-state index contributed by atoms with van der Waals surface area (Å²) in [5.41, 5.74) is 25.7. The summed E-state index contributed by atoms with van der Waals surface area (Å²) in [6, 6.07) is 88.4. The van der Waals surface area contributed by atoms with E-state index in [0.717, 1.165) is 11.4 Å². The summed E-state index contributed by atoms with van der Waals surface area (Å²) in [5.74, 6) is 0. The molecule has 13 rings (SSSR count). The minimum absolute atomic E-state index is 0.277. The van der Waals surface area contributed by atoms with Gasteiger partial charge in [0.2, 0.25) is 0 Å². The zero-order chi connectivity index (χ0) is 43.3. The predicted molar refractivity (Wildman–Crippen MR) is 271 cm³/mol. The highest BCUT2D eigenvalue weighted by molar-refractivity contribution is 6.06. The fourth-order valence-corrected chi connectivity index (χ4v) is 12.1. The van der Waals surface area contributed by atoms with Crippen molar-refractivity contribution in [2.75, 3.05) is 4.90 Å². The zero-order valence-corrected chi connectivity index (χ0v) is 36.5. The number of nitrogens with zero attached hydrogens (tertiary/aromatic N) is 1. The molecule has 1 heteroatoms. The number of hydrogen-bond acceptors (Lipinski definition) is 1. The summed E-state index contributed by atoms with van der Waals surface area (Å²) < 4.78 is 0. The maximum Gasteiger partial charge on any atom is 0.0726 e. The Balaban J connectivity index is 1.19. The minimum atomic E-state index is -0.483. The average molecular weight is 828 g/mol. The van der Waals surface area contributed by atoms with Gasteiger partial charge in [0.05, 0.1) is 22.5 Å². The third kappa shape index (κ3) is 5.21. The fraction of sp³-hybridized carbons (Fsp3) is 0.0625. The Kier molecular flexibility index (Phi) is 8.24. The van der Waals surface area contributed by atoms with Gasteiger partial charge in [-0.1, -0.05) is 232 Å². The molecule has 0 aliphatic heterocycles. The Morgan fingerprint density at radius 1 is 0.262 bits per heavy atom. The normalized spacial score (nSPS) is 13.9. The molecule has 0 atom stereocenters. The molecule has 0 N–H and O–H groups in total. The van der Waals surface area contributed by atoms with E-state index in [9.17, 15) is 0 Å². The van der Waals surface area contributed by atoms with Crippen molar-refractivity contribution in [1.29, 1.82) is 0 Å². The molecule has 0 aromatic heterocycles. The number of fused-ring (bicyclic) bond motifs is 13. The van der Waals surface area contributed by atoms with Gasteiger partial charge in [-0.25, -0.2) is 0 Å². The highest BCUT2D eigenvalue weighted by Crippen LogP contribution is 2.66. The van der Waals surface area contributed by atoms with Crippen LogP contribution in [0.15, 0.2) is 237 Å². The van der Waals surface area contributed by atoms with Crippen LogP contribution in [0, 0.1) is 0 Å². The van der Waals surface area contributed by atoms with Crippen LogP contribution in [0.4, 0.5) is 17.1 Å². The van der Waals surface area contributed by atoms with E-state index < -0.39 is 5.41 Å². The van der Waals surface area contributed by atoms with E-state index >= 15 is 0 Å². The van der Waals surface area contributed by atoms with E-state index in [4.69, 9.17) is 0 Å². The molecule has 0 radical (unpaired) electrons. The first-order chi connectivity index (χ1) is 32.1. The topological polar surface area (TPSA) is 3.24 Å². The first-order valence-electron chi connectivity index (χ1n) is 22.9. The number of rotatable bonds is 6. The molecular weight excluding hydrogens is 783 g/mol. The van der Waals surface area contributed by atoms with Gasteiger partial charge in [0, 0.05) is 16.5 Å². The molecule has 0 fully saturated rings. The van der Waals surface area contributed by atoms with Crippen LogP contribution in [0.3, 0.4) is 0 Å². The number of benzene rings is 10. The van der Waals surface area contributed by atoms with E-state index in [1.165, 1.54) is 106 Å². The molecule has 0 amide bonds. The van der Waals surface area contributed by atoms with Gasteiger partial charge in [0.25, 0.3) is 0 Å². The van der Waals surface area contributed by atoms with Crippen LogP contribution >= 0.6 is 0 Å². The van der Waals surface area contributed by atoms with E-state index in [0.29, 0.717) is 0 Å². The largest absolute Gasteiger partial charge is 0.309 e. The lowest BCUT2D eigenvalue weighted by Gasteiger charge is -2.36. The molecule has 0 bridgehead atoms. The van der Waals surface area contributed by atoms with E-state index in [2.05, 4.69) is 255 Å². The highest BCUT2D eigenvalue weighted by Gasteiger charge is 2.52. The molecule has 306 valence electrons. The second-order valence-corrected chi connectivity index (χ2v) is 18.3. The van der Waals surface area contributed by atoms with Crippen molar-refractivity contribution >= 4 is 17.1 Å². The third-order valence-corrected chi connectivity index (χ3v) is 14.7. The number of anilines is 3. The first-order valence-corrected chi connectivity index (χ1v) is 22.9. The first kappa shape index (κ1) is 37.5. The molecule has 1 spiro atoms. The monoisotopic (exact) mass is 827 g/mol. The van der Waals surface area contributed by atoms with Gasteiger partial charge in [0.15, 0.2) is 0 Å². The Hall–Kier alpha value is -8.00. The summed E-state index contributed by atoms with van der Waals surface area (Å²) in [4.78, 5) is 2.65. The van der Waals surface area contributed by atoms with Crippen LogP contribution in [0.5, 0.6) is 0 Å².